The topological polar surface area (TPSA) is 66.8 Å². The second-order valence-corrected chi connectivity index (χ2v) is 9.44. The number of hydrogen-bond acceptors (Lipinski definition) is 4. The molecule has 0 heterocycles. The smallest absolute Gasteiger partial charge is 0.330 e. The van der Waals surface area contributed by atoms with Gasteiger partial charge in [-0.15, -0.1) is 0 Å². The average molecular weight is 328 g/mol. The lowest BCUT2D eigenvalue weighted by Crippen LogP contribution is -2.47. The van der Waals surface area contributed by atoms with Crippen molar-refractivity contribution in [2.75, 3.05) is 6.61 Å². The summed E-state index contributed by atoms with van der Waals surface area (Å²) in [7, 11) is 0. The van der Waals surface area contributed by atoms with Gasteiger partial charge in [0.05, 0.1) is 6.10 Å². The predicted molar refractivity (Wildman–Crippen MR) is 94.0 cm³/mol. The van der Waals surface area contributed by atoms with Crippen molar-refractivity contribution >= 4 is 5.97 Å². The number of rotatable bonds is 9. The van der Waals surface area contributed by atoms with E-state index in [0.29, 0.717) is 12.8 Å². The molecule has 0 aromatic heterocycles. The minimum Gasteiger partial charge on any atom is -0.457 e. The molecule has 0 rings (SSSR count). The van der Waals surface area contributed by atoms with Crippen LogP contribution in [0.25, 0.3) is 0 Å². The minimum atomic E-state index is -0.696. The lowest BCUT2D eigenvalue weighted by Gasteiger charge is -2.46. The monoisotopic (exact) mass is 328 g/mol. The van der Waals surface area contributed by atoms with E-state index in [9.17, 15) is 15.0 Å². The second kappa shape index (κ2) is 7.35. The van der Waals surface area contributed by atoms with Crippen LogP contribution in [-0.2, 0) is 9.53 Å². The predicted octanol–water partition coefficient (Wildman–Crippen LogP) is 3.71. The number of carbonyl (C=O) groups excluding carboxylic acids is 1. The molecule has 0 saturated heterocycles. The summed E-state index contributed by atoms with van der Waals surface area (Å²) in [5, 5.41) is 20.5. The van der Waals surface area contributed by atoms with Crippen molar-refractivity contribution in [1.82, 2.24) is 0 Å². The summed E-state index contributed by atoms with van der Waals surface area (Å²) in [4.78, 5) is 11.5. The molecule has 23 heavy (non-hydrogen) atoms. The van der Waals surface area contributed by atoms with Crippen LogP contribution in [0, 0.1) is 16.2 Å². The Morgan fingerprint density at radius 1 is 1.04 bits per heavy atom. The Balaban J connectivity index is 5.18. The molecule has 0 aromatic rings. The Kier molecular flexibility index (Phi) is 7.07. The number of aliphatic hydroxyl groups excluding tert-OH is 2. The van der Waals surface area contributed by atoms with Crippen molar-refractivity contribution in [3.05, 3.63) is 12.7 Å². The second-order valence-electron chi connectivity index (χ2n) is 9.44. The highest BCUT2D eigenvalue weighted by Gasteiger charge is 2.45. The SMILES string of the molecule is C=CC(=O)OC(C)(C)CC(C)(C)C(O)C(C)(C)CC(C)(C)CO. The summed E-state index contributed by atoms with van der Waals surface area (Å²) >= 11 is 0. The fourth-order valence-electron chi connectivity index (χ4n) is 3.99. The summed E-state index contributed by atoms with van der Waals surface area (Å²) in [6.07, 6.45) is 1.75. The quantitative estimate of drug-likeness (QED) is 0.500. The van der Waals surface area contributed by atoms with Gasteiger partial charge in [0.15, 0.2) is 0 Å². The zero-order valence-electron chi connectivity index (χ0n) is 16.2. The van der Waals surface area contributed by atoms with E-state index in [0.717, 1.165) is 6.08 Å². The standard InChI is InChI=1S/C19H36O4/c1-10-14(21)23-19(8,9)12-18(6,7)15(22)17(4,5)11-16(2,3)13-20/h10,15,20,22H,1,11-13H2,2-9H3. The van der Waals surface area contributed by atoms with Gasteiger partial charge >= 0.3 is 5.97 Å². The Labute approximate surface area is 141 Å². The van der Waals surface area contributed by atoms with Gasteiger partial charge < -0.3 is 14.9 Å². The van der Waals surface area contributed by atoms with E-state index in [-0.39, 0.29) is 17.4 Å². The molecule has 1 atom stereocenters. The van der Waals surface area contributed by atoms with Crippen molar-refractivity contribution in [3.63, 3.8) is 0 Å². The molecule has 0 aliphatic carbocycles. The fourth-order valence-corrected chi connectivity index (χ4v) is 3.99. The molecule has 0 spiro atoms. The van der Waals surface area contributed by atoms with E-state index in [4.69, 9.17) is 4.74 Å². The summed E-state index contributed by atoms with van der Waals surface area (Å²) in [5.41, 5.74) is -1.79. The van der Waals surface area contributed by atoms with Crippen LogP contribution in [0.15, 0.2) is 12.7 Å². The van der Waals surface area contributed by atoms with Crippen molar-refractivity contribution in [2.45, 2.75) is 79.9 Å². The normalized spacial score (nSPS) is 15.2. The van der Waals surface area contributed by atoms with Crippen molar-refractivity contribution in [1.29, 1.82) is 0 Å². The van der Waals surface area contributed by atoms with Crippen LogP contribution in [0.1, 0.15) is 68.2 Å². The lowest BCUT2D eigenvalue weighted by atomic mass is 9.63. The van der Waals surface area contributed by atoms with Gasteiger partial charge in [-0.25, -0.2) is 4.79 Å². The molecule has 0 saturated carbocycles. The molecule has 136 valence electrons. The highest BCUT2D eigenvalue weighted by atomic mass is 16.6. The molecule has 4 nitrogen and oxygen atoms in total. The van der Waals surface area contributed by atoms with E-state index < -0.39 is 23.1 Å². The summed E-state index contributed by atoms with van der Waals surface area (Å²) in [6.45, 7) is 19.1. The van der Waals surface area contributed by atoms with Crippen LogP contribution >= 0.6 is 0 Å². The first-order valence-corrected chi connectivity index (χ1v) is 8.23. The van der Waals surface area contributed by atoms with Gasteiger partial charge in [0, 0.05) is 12.7 Å². The average Bonchev–Trinajstić information content (AvgIpc) is 2.34. The molecule has 0 bridgehead atoms. The van der Waals surface area contributed by atoms with Gasteiger partial charge in [-0.1, -0.05) is 48.1 Å². The summed E-state index contributed by atoms with van der Waals surface area (Å²) in [5.74, 6) is -0.457. The number of esters is 1. The van der Waals surface area contributed by atoms with Crippen LogP contribution in [-0.4, -0.2) is 34.5 Å². The minimum absolute atomic E-state index is 0.0754. The van der Waals surface area contributed by atoms with Gasteiger partial charge in [0.2, 0.25) is 0 Å². The fraction of sp³-hybridized carbons (Fsp3) is 0.842. The van der Waals surface area contributed by atoms with Crippen LogP contribution in [0.5, 0.6) is 0 Å². The van der Waals surface area contributed by atoms with Crippen LogP contribution in [0.4, 0.5) is 0 Å². The maximum absolute atomic E-state index is 11.5. The van der Waals surface area contributed by atoms with Gasteiger partial charge in [-0.05, 0) is 42.9 Å². The Morgan fingerprint density at radius 2 is 1.48 bits per heavy atom. The Morgan fingerprint density at radius 3 is 1.87 bits per heavy atom. The van der Waals surface area contributed by atoms with E-state index in [1.165, 1.54) is 0 Å². The molecule has 0 radical (unpaired) electrons. The molecular weight excluding hydrogens is 292 g/mol. The molecule has 0 aromatic carbocycles. The molecule has 0 aliphatic rings. The van der Waals surface area contributed by atoms with E-state index in [2.05, 4.69) is 6.58 Å². The molecule has 0 aliphatic heterocycles. The summed E-state index contributed by atoms with van der Waals surface area (Å²) < 4.78 is 5.40. The number of hydrogen-bond donors (Lipinski definition) is 2. The maximum Gasteiger partial charge on any atom is 0.330 e. The largest absolute Gasteiger partial charge is 0.457 e. The van der Waals surface area contributed by atoms with Crippen molar-refractivity contribution in [3.8, 4) is 0 Å². The molecule has 0 fully saturated rings. The number of aliphatic hydroxyl groups is 2. The first-order valence-electron chi connectivity index (χ1n) is 8.23. The third kappa shape index (κ3) is 7.05. The first kappa shape index (κ1) is 22.1. The van der Waals surface area contributed by atoms with Gasteiger partial charge in [0.1, 0.15) is 5.60 Å². The number of ether oxygens (including phenoxy) is 1. The lowest BCUT2D eigenvalue weighted by molar-refractivity contribution is -0.157. The third-order valence-electron chi connectivity index (χ3n) is 4.27. The first-order chi connectivity index (χ1) is 10.1. The number of carbonyl (C=O) groups is 1. The van der Waals surface area contributed by atoms with Crippen molar-refractivity contribution in [2.24, 2.45) is 16.2 Å². The van der Waals surface area contributed by atoms with Gasteiger partial charge in [-0.2, -0.15) is 0 Å². The Hall–Kier alpha value is -0.870. The zero-order valence-corrected chi connectivity index (χ0v) is 16.2. The van der Waals surface area contributed by atoms with Gasteiger partial charge in [0.25, 0.3) is 0 Å². The third-order valence-corrected chi connectivity index (χ3v) is 4.27. The van der Waals surface area contributed by atoms with E-state index >= 15 is 0 Å². The van der Waals surface area contributed by atoms with Crippen molar-refractivity contribution < 1.29 is 19.7 Å². The molecular formula is C19H36O4. The Bertz CT molecular complexity index is 419. The summed E-state index contributed by atoms with van der Waals surface area (Å²) in [6, 6.07) is 0. The maximum atomic E-state index is 11.5. The van der Waals surface area contributed by atoms with Gasteiger partial charge in [-0.3, -0.25) is 0 Å². The van der Waals surface area contributed by atoms with Crippen LogP contribution < -0.4 is 0 Å². The molecule has 4 heteroatoms. The zero-order chi connectivity index (χ0) is 18.7. The molecule has 0 amide bonds. The van der Waals surface area contributed by atoms with Crippen LogP contribution in [0.3, 0.4) is 0 Å². The highest BCUT2D eigenvalue weighted by Crippen LogP contribution is 2.45. The molecule has 2 N–H and O–H groups in total. The van der Waals surface area contributed by atoms with E-state index in [1.54, 1.807) is 0 Å². The van der Waals surface area contributed by atoms with Crippen LogP contribution in [0.2, 0.25) is 0 Å². The highest BCUT2D eigenvalue weighted by molar-refractivity contribution is 5.81. The van der Waals surface area contributed by atoms with E-state index in [1.807, 2.05) is 55.4 Å². The molecule has 1 unspecified atom stereocenters.